The Balaban J connectivity index is 1.88. The molecule has 0 saturated heterocycles. The second-order valence-corrected chi connectivity index (χ2v) is 6.12. The van der Waals surface area contributed by atoms with Gasteiger partial charge >= 0.3 is 6.03 Å². The summed E-state index contributed by atoms with van der Waals surface area (Å²) in [6, 6.07) is 7.52. The van der Waals surface area contributed by atoms with Crippen molar-refractivity contribution in [1.82, 2.24) is 10.6 Å². The SMILES string of the molecule is CCOc1ccccc1CNC(=O)NC1CCCC1(C)CO. The van der Waals surface area contributed by atoms with Crippen molar-refractivity contribution in [2.45, 2.75) is 45.7 Å². The summed E-state index contributed by atoms with van der Waals surface area (Å²) in [5.74, 6) is 0.798. The summed E-state index contributed by atoms with van der Waals surface area (Å²) < 4.78 is 5.55. The number of carbonyl (C=O) groups is 1. The van der Waals surface area contributed by atoms with Crippen molar-refractivity contribution in [1.29, 1.82) is 0 Å². The highest BCUT2D eigenvalue weighted by atomic mass is 16.5. The van der Waals surface area contributed by atoms with E-state index in [1.54, 1.807) is 0 Å². The molecule has 2 amide bonds. The number of aliphatic hydroxyl groups is 1. The maximum absolute atomic E-state index is 12.1. The van der Waals surface area contributed by atoms with Crippen molar-refractivity contribution < 1.29 is 14.6 Å². The zero-order valence-corrected chi connectivity index (χ0v) is 13.4. The number of rotatable bonds is 6. The minimum absolute atomic E-state index is 0.0274. The number of nitrogens with one attached hydrogen (secondary N) is 2. The van der Waals surface area contributed by atoms with Gasteiger partial charge in [-0.25, -0.2) is 4.79 Å². The molecule has 2 unspecified atom stereocenters. The minimum atomic E-state index is -0.208. The van der Waals surface area contributed by atoms with Crippen molar-refractivity contribution in [3.63, 3.8) is 0 Å². The van der Waals surface area contributed by atoms with Gasteiger partial charge in [0.25, 0.3) is 0 Å². The fraction of sp³-hybridized carbons (Fsp3) is 0.588. The quantitative estimate of drug-likeness (QED) is 0.756. The molecule has 122 valence electrons. The van der Waals surface area contributed by atoms with E-state index in [4.69, 9.17) is 4.74 Å². The van der Waals surface area contributed by atoms with E-state index in [0.717, 1.165) is 30.6 Å². The highest BCUT2D eigenvalue weighted by molar-refractivity contribution is 5.74. The summed E-state index contributed by atoms with van der Waals surface area (Å²) >= 11 is 0. The molecule has 0 aliphatic heterocycles. The number of para-hydroxylation sites is 1. The van der Waals surface area contributed by atoms with Crippen molar-refractivity contribution in [2.75, 3.05) is 13.2 Å². The third-order valence-corrected chi connectivity index (χ3v) is 4.46. The molecule has 0 aromatic heterocycles. The average Bonchev–Trinajstić information content (AvgIpc) is 2.88. The Kier molecular flexibility index (Phi) is 5.66. The Morgan fingerprint density at radius 2 is 2.23 bits per heavy atom. The first-order valence-corrected chi connectivity index (χ1v) is 7.95. The monoisotopic (exact) mass is 306 g/mol. The minimum Gasteiger partial charge on any atom is -0.494 e. The fourth-order valence-corrected chi connectivity index (χ4v) is 3.00. The van der Waals surface area contributed by atoms with E-state index in [-0.39, 0.29) is 24.1 Å². The van der Waals surface area contributed by atoms with Gasteiger partial charge in [-0.2, -0.15) is 0 Å². The van der Waals surface area contributed by atoms with E-state index in [9.17, 15) is 9.90 Å². The standard InChI is InChI=1S/C17H26N2O3/c1-3-22-14-8-5-4-7-13(14)11-18-16(21)19-15-9-6-10-17(15,2)12-20/h4-5,7-8,15,20H,3,6,9-12H2,1-2H3,(H2,18,19,21). The van der Waals surface area contributed by atoms with Gasteiger partial charge in [0.1, 0.15) is 5.75 Å². The summed E-state index contributed by atoms with van der Waals surface area (Å²) in [4.78, 5) is 12.1. The van der Waals surface area contributed by atoms with Gasteiger partial charge in [0.2, 0.25) is 0 Å². The van der Waals surface area contributed by atoms with Crippen LogP contribution in [0, 0.1) is 5.41 Å². The number of benzene rings is 1. The second-order valence-electron chi connectivity index (χ2n) is 6.12. The molecule has 3 N–H and O–H groups in total. The van der Waals surface area contributed by atoms with Crippen LogP contribution in [0.2, 0.25) is 0 Å². The molecule has 2 atom stereocenters. The lowest BCUT2D eigenvalue weighted by Gasteiger charge is -2.30. The Hall–Kier alpha value is -1.75. The van der Waals surface area contributed by atoms with Crippen LogP contribution in [-0.4, -0.2) is 30.4 Å². The lowest BCUT2D eigenvalue weighted by atomic mass is 9.86. The van der Waals surface area contributed by atoms with Crippen molar-refractivity contribution in [3.05, 3.63) is 29.8 Å². The first kappa shape index (κ1) is 16.6. The van der Waals surface area contributed by atoms with Gasteiger partial charge in [-0.1, -0.05) is 31.5 Å². The van der Waals surface area contributed by atoms with E-state index >= 15 is 0 Å². The Bertz CT molecular complexity index is 506. The molecule has 0 spiro atoms. The maximum Gasteiger partial charge on any atom is 0.315 e. The van der Waals surface area contributed by atoms with Crippen LogP contribution >= 0.6 is 0 Å². The topological polar surface area (TPSA) is 70.6 Å². The number of urea groups is 1. The van der Waals surface area contributed by atoms with Crippen LogP contribution in [0.3, 0.4) is 0 Å². The highest BCUT2D eigenvalue weighted by Crippen LogP contribution is 2.37. The van der Waals surface area contributed by atoms with Gasteiger partial charge in [0, 0.05) is 23.6 Å². The van der Waals surface area contributed by atoms with Crippen LogP contribution < -0.4 is 15.4 Å². The van der Waals surface area contributed by atoms with E-state index in [1.807, 2.05) is 38.1 Å². The van der Waals surface area contributed by atoms with E-state index in [2.05, 4.69) is 10.6 Å². The molecule has 1 saturated carbocycles. The summed E-state index contributed by atoms with van der Waals surface area (Å²) in [5, 5.41) is 15.4. The van der Waals surface area contributed by atoms with E-state index in [0.29, 0.717) is 13.2 Å². The van der Waals surface area contributed by atoms with Gasteiger partial charge in [-0.05, 0) is 25.8 Å². The zero-order valence-electron chi connectivity index (χ0n) is 13.4. The number of carbonyl (C=O) groups excluding carboxylic acids is 1. The van der Waals surface area contributed by atoms with Gasteiger partial charge in [0.15, 0.2) is 0 Å². The number of amides is 2. The van der Waals surface area contributed by atoms with Crippen LogP contribution in [0.4, 0.5) is 4.79 Å². The van der Waals surface area contributed by atoms with E-state index < -0.39 is 0 Å². The number of aliphatic hydroxyl groups excluding tert-OH is 1. The Labute approximate surface area is 132 Å². The molecule has 5 nitrogen and oxygen atoms in total. The molecule has 0 bridgehead atoms. The van der Waals surface area contributed by atoms with Gasteiger partial charge < -0.3 is 20.5 Å². The van der Waals surface area contributed by atoms with Gasteiger partial charge in [0.05, 0.1) is 13.2 Å². The summed E-state index contributed by atoms with van der Waals surface area (Å²) in [6.45, 7) is 5.08. The summed E-state index contributed by atoms with van der Waals surface area (Å²) in [6.07, 6.45) is 2.90. The zero-order chi connectivity index (χ0) is 16.0. The summed E-state index contributed by atoms with van der Waals surface area (Å²) in [5.41, 5.74) is 0.747. The third-order valence-electron chi connectivity index (χ3n) is 4.46. The molecule has 1 aliphatic rings. The maximum atomic E-state index is 12.1. The highest BCUT2D eigenvalue weighted by Gasteiger charge is 2.39. The van der Waals surface area contributed by atoms with Crippen LogP contribution in [0.25, 0.3) is 0 Å². The molecule has 1 aliphatic carbocycles. The Morgan fingerprint density at radius 3 is 2.95 bits per heavy atom. The second kappa shape index (κ2) is 7.49. The molecule has 22 heavy (non-hydrogen) atoms. The summed E-state index contributed by atoms with van der Waals surface area (Å²) in [7, 11) is 0. The molecular weight excluding hydrogens is 280 g/mol. The Morgan fingerprint density at radius 1 is 1.45 bits per heavy atom. The number of hydrogen-bond donors (Lipinski definition) is 3. The molecule has 0 heterocycles. The molecule has 1 fully saturated rings. The smallest absolute Gasteiger partial charge is 0.315 e. The third kappa shape index (κ3) is 3.91. The largest absolute Gasteiger partial charge is 0.494 e. The molecular formula is C17H26N2O3. The van der Waals surface area contributed by atoms with Crippen LogP contribution in [0.15, 0.2) is 24.3 Å². The van der Waals surface area contributed by atoms with Crippen LogP contribution in [0.1, 0.15) is 38.7 Å². The van der Waals surface area contributed by atoms with E-state index in [1.165, 1.54) is 0 Å². The molecule has 1 aromatic rings. The van der Waals surface area contributed by atoms with Gasteiger partial charge in [-0.15, -0.1) is 0 Å². The average molecular weight is 306 g/mol. The predicted molar refractivity (Wildman–Crippen MR) is 85.8 cm³/mol. The number of ether oxygens (including phenoxy) is 1. The lowest BCUT2D eigenvalue weighted by molar-refractivity contribution is 0.121. The molecule has 0 radical (unpaired) electrons. The predicted octanol–water partition coefficient (Wildman–Crippen LogP) is 2.44. The lowest BCUT2D eigenvalue weighted by Crippen LogP contribution is -2.48. The van der Waals surface area contributed by atoms with Crippen molar-refractivity contribution in [2.24, 2.45) is 5.41 Å². The number of hydrogen-bond acceptors (Lipinski definition) is 3. The molecule has 1 aromatic carbocycles. The van der Waals surface area contributed by atoms with Crippen molar-refractivity contribution in [3.8, 4) is 5.75 Å². The van der Waals surface area contributed by atoms with Gasteiger partial charge in [-0.3, -0.25) is 0 Å². The van der Waals surface area contributed by atoms with Crippen LogP contribution in [-0.2, 0) is 6.54 Å². The fourth-order valence-electron chi connectivity index (χ4n) is 3.00. The molecule has 5 heteroatoms. The normalized spacial score (nSPS) is 24.0. The molecule has 2 rings (SSSR count). The first-order chi connectivity index (χ1) is 10.6. The van der Waals surface area contributed by atoms with Crippen LogP contribution in [0.5, 0.6) is 5.75 Å². The first-order valence-electron chi connectivity index (χ1n) is 7.95. The van der Waals surface area contributed by atoms with Crippen molar-refractivity contribution >= 4 is 6.03 Å².